The van der Waals surface area contributed by atoms with Gasteiger partial charge in [-0.3, -0.25) is 14.8 Å². The largest absolute Gasteiger partial charge is 0.497 e. The zero-order valence-electron chi connectivity index (χ0n) is 14.1. The van der Waals surface area contributed by atoms with Crippen molar-refractivity contribution in [2.75, 3.05) is 26.1 Å². The number of benzene rings is 1. The molecular weight excluding hydrogens is 316 g/mol. The molecule has 1 atom stereocenters. The second-order valence-electron chi connectivity index (χ2n) is 5.20. The summed E-state index contributed by atoms with van der Waals surface area (Å²) in [4.78, 5) is 22.8. The van der Waals surface area contributed by atoms with E-state index in [1.54, 1.807) is 23.7 Å². The number of anilines is 1. The van der Waals surface area contributed by atoms with E-state index < -0.39 is 5.91 Å². The quantitative estimate of drug-likeness (QED) is 0.442. The van der Waals surface area contributed by atoms with Gasteiger partial charge in [-0.15, -0.1) is 0 Å². The van der Waals surface area contributed by atoms with Crippen molar-refractivity contribution >= 4 is 17.5 Å². The number of carbonyl (C=O) groups is 2. The van der Waals surface area contributed by atoms with Gasteiger partial charge in [0.05, 0.1) is 20.3 Å². The Balaban J connectivity index is 2.39. The van der Waals surface area contributed by atoms with E-state index in [0.717, 1.165) is 0 Å². The fraction of sp³-hybridized carbons (Fsp3) is 0.500. The predicted octanol–water partition coefficient (Wildman–Crippen LogP) is 1.72. The zero-order valence-corrected chi connectivity index (χ0v) is 14.1. The molecule has 0 spiro atoms. The summed E-state index contributed by atoms with van der Waals surface area (Å²) in [7, 11) is 3.06. The van der Waals surface area contributed by atoms with Crippen LogP contribution in [0.4, 0.5) is 5.69 Å². The molecule has 0 saturated heterocycles. The van der Waals surface area contributed by atoms with Gasteiger partial charge in [0.1, 0.15) is 18.1 Å². The number of nitrogens with one attached hydrogen (secondary N) is 2. The third-order valence-corrected chi connectivity index (χ3v) is 3.27. The van der Waals surface area contributed by atoms with Crippen LogP contribution in [-0.2, 0) is 14.3 Å². The van der Waals surface area contributed by atoms with Crippen LogP contribution in [0.25, 0.3) is 0 Å². The number of hydrogen-bond acceptors (Lipinski definition) is 6. The topological polar surface area (TPSA) is 106 Å². The number of methoxy groups -OCH3 is 2. The molecule has 24 heavy (non-hydrogen) atoms. The van der Waals surface area contributed by atoms with Crippen LogP contribution >= 0.6 is 0 Å². The van der Waals surface area contributed by atoms with E-state index in [0.29, 0.717) is 30.0 Å². The first-order chi connectivity index (χ1) is 11.5. The highest BCUT2D eigenvalue weighted by Crippen LogP contribution is 2.25. The van der Waals surface area contributed by atoms with Crippen molar-refractivity contribution in [2.45, 2.75) is 32.3 Å². The first-order valence-corrected chi connectivity index (χ1v) is 7.56. The predicted molar refractivity (Wildman–Crippen MR) is 87.4 cm³/mol. The molecule has 1 rings (SSSR count). The summed E-state index contributed by atoms with van der Waals surface area (Å²) in [5.41, 5.74) is 2.12. The summed E-state index contributed by atoms with van der Waals surface area (Å²) in [6, 6.07) is 5.06. The maximum atomic E-state index is 11.9. The molecule has 8 nitrogen and oxygen atoms in total. The molecule has 0 aromatic heterocycles. The molecule has 1 aromatic carbocycles. The molecule has 0 radical (unpaired) electrons. The van der Waals surface area contributed by atoms with Crippen molar-refractivity contribution in [2.24, 2.45) is 0 Å². The number of carbonyl (C=O) groups excluding carboxylic acids is 2. The minimum absolute atomic E-state index is 0.104. The highest BCUT2D eigenvalue weighted by Gasteiger charge is 2.10. The number of amides is 2. The van der Waals surface area contributed by atoms with Crippen molar-refractivity contribution in [3.63, 3.8) is 0 Å². The molecule has 2 amide bonds. The molecule has 1 aromatic rings. The Morgan fingerprint density at radius 1 is 1.12 bits per heavy atom. The second-order valence-corrected chi connectivity index (χ2v) is 5.20. The van der Waals surface area contributed by atoms with E-state index >= 15 is 0 Å². The second kappa shape index (κ2) is 10.5. The van der Waals surface area contributed by atoms with E-state index in [1.165, 1.54) is 14.2 Å². The van der Waals surface area contributed by atoms with Crippen LogP contribution in [-0.4, -0.2) is 44.0 Å². The minimum Gasteiger partial charge on any atom is -0.497 e. The van der Waals surface area contributed by atoms with Gasteiger partial charge in [0.2, 0.25) is 11.8 Å². The lowest BCUT2D eigenvalue weighted by Crippen LogP contribution is -2.22. The summed E-state index contributed by atoms with van der Waals surface area (Å²) in [5, 5.41) is 11.1. The fourth-order valence-corrected chi connectivity index (χ4v) is 1.98. The van der Waals surface area contributed by atoms with E-state index in [2.05, 4.69) is 5.32 Å². The standard InChI is InChI=1S/C16H24N2O6/c1-11(5-4-6-15(19)18-21)24-10-16(20)17-12-7-13(22-2)9-14(8-12)23-3/h7-9,11,21H,4-6,10H2,1-3H3,(H,17,20)(H,18,19). The van der Waals surface area contributed by atoms with E-state index in [1.807, 2.05) is 6.92 Å². The van der Waals surface area contributed by atoms with Crippen molar-refractivity contribution < 1.29 is 29.0 Å². The zero-order chi connectivity index (χ0) is 17.9. The smallest absolute Gasteiger partial charge is 0.250 e. The molecular formula is C16H24N2O6. The van der Waals surface area contributed by atoms with Crippen LogP contribution < -0.4 is 20.3 Å². The minimum atomic E-state index is -0.438. The average molecular weight is 340 g/mol. The molecule has 0 bridgehead atoms. The Morgan fingerprint density at radius 2 is 1.75 bits per heavy atom. The van der Waals surface area contributed by atoms with Gasteiger partial charge in [0, 0.05) is 30.3 Å². The lowest BCUT2D eigenvalue weighted by Gasteiger charge is -2.13. The lowest BCUT2D eigenvalue weighted by atomic mass is 10.1. The number of ether oxygens (including phenoxy) is 3. The Kier molecular flexibility index (Phi) is 8.59. The fourth-order valence-electron chi connectivity index (χ4n) is 1.98. The highest BCUT2D eigenvalue weighted by atomic mass is 16.5. The van der Waals surface area contributed by atoms with E-state index in [-0.39, 0.29) is 25.0 Å². The van der Waals surface area contributed by atoms with Gasteiger partial charge in [0.15, 0.2) is 0 Å². The summed E-state index contributed by atoms with van der Waals surface area (Å²) in [6.07, 6.45) is 1.19. The van der Waals surface area contributed by atoms with Crippen LogP contribution in [0, 0.1) is 0 Å². The van der Waals surface area contributed by atoms with Crippen LogP contribution in [0.15, 0.2) is 18.2 Å². The summed E-state index contributed by atoms with van der Waals surface area (Å²) < 4.78 is 15.7. The maximum absolute atomic E-state index is 11.9. The molecule has 0 heterocycles. The Morgan fingerprint density at radius 3 is 2.29 bits per heavy atom. The van der Waals surface area contributed by atoms with Crippen molar-refractivity contribution in [3.05, 3.63) is 18.2 Å². The number of hydrogen-bond donors (Lipinski definition) is 3. The van der Waals surface area contributed by atoms with Crippen LogP contribution in [0.1, 0.15) is 26.2 Å². The molecule has 0 fully saturated rings. The van der Waals surface area contributed by atoms with Gasteiger partial charge in [-0.25, -0.2) is 5.48 Å². The Hall–Kier alpha value is -2.32. The summed E-state index contributed by atoms with van der Waals surface area (Å²) in [5.74, 6) is 0.402. The van der Waals surface area contributed by atoms with Crippen LogP contribution in [0.5, 0.6) is 11.5 Å². The first kappa shape index (κ1) is 19.7. The van der Waals surface area contributed by atoms with Crippen LogP contribution in [0.3, 0.4) is 0 Å². The van der Waals surface area contributed by atoms with Gasteiger partial charge >= 0.3 is 0 Å². The number of rotatable bonds is 10. The van der Waals surface area contributed by atoms with Crippen molar-refractivity contribution in [1.82, 2.24) is 5.48 Å². The Bertz CT molecular complexity index is 527. The normalized spacial score (nSPS) is 11.5. The highest BCUT2D eigenvalue weighted by molar-refractivity contribution is 5.92. The van der Waals surface area contributed by atoms with E-state index in [9.17, 15) is 9.59 Å². The van der Waals surface area contributed by atoms with Crippen molar-refractivity contribution in [3.8, 4) is 11.5 Å². The van der Waals surface area contributed by atoms with Crippen LogP contribution in [0.2, 0.25) is 0 Å². The molecule has 1 unspecified atom stereocenters. The third kappa shape index (κ3) is 7.30. The van der Waals surface area contributed by atoms with Gasteiger partial charge in [0.25, 0.3) is 0 Å². The average Bonchev–Trinajstić information content (AvgIpc) is 2.59. The molecule has 134 valence electrons. The lowest BCUT2D eigenvalue weighted by molar-refractivity contribution is -0.129. The molecule has 0 aliphatic rings. The SMILES string of the molecule is COc1cc(NC(=O)COC(C)CCCC(=O)NO)cc(OC)c1. The Labute approximate surface area is 141 Å². The molecule has 3 N–H and O–H groups in total. The van der Waals surface area contributed by atoms with E-state index in [4.69, 9.17) is 19.4 Å². The van der Waals surface area contributed by atoms with Gasteiger partial charge in [-0.1, -0.05) is 0 Å². The molecule has 8 heteroatoms. The van der Waals surface area contributed by atoms with Crippen molar-refractivity contribution in [1.29, 1.82) is 0 Å². The monoisotopic (exact) mass is 340 g/mol. The number of hydroxylamine groups is 1. The van der Waals surface area contributed by atoms with Gasteiger partial charge in [-0.2, -0.15) is 0 Å². The molecule has 0 saturated carbocycles. The maximum Gasteiger partial charge on any atom is 0.250 e. The molecule has 0 aliphatic heterocycles. The first-order valence-electron chi connectivity index (χ1n) is 7.56. The van der Waals surface area contributed by atoms with Gasteiger partial charge < -0.3 is 19.5 Å². The molecule has 0 aliphatic carbocycles. The summed E-state index contributed by atoms with van der Waals surface area (Å²) >= 11 is 0. The third-order valence-electron chi connectivity index (χ3n) is 3.27. The summed E-state index contributed by atoms with van der Waals surface area (Å²) in [6.45, 7) is 1.71. The van der Waals surface area contributed by atoms with Gasteiger partial charge in [-0.05, 0) is 19.8 Å².